The van der Waals surface area contributed by atoms with Crippen LogP contribution < -0.4 is 5.32 Å². The van der Waals surface area contributed by atoms with Crippen molar-refractivity contribution in [2.45, 2.75) is 65.3 Å². The number of allylic oxidation sites excluding steroid dienone is 1. The second-order valence-electron chi connectivity index (χ2n) is 5.53. The monoisotopic (exact) mass is 223 g/mol. The summed E-state index contributed by atoms with van der Waals surface area (Å²) < 4.78 is 0. The second-order valence-corrected chi connectivity index (χ2v) is 5.53. The molecule has 0 bridgehead atoms. The molecule has 2 unspecified atom stereocenters. The third-order valence-corrected chi connectivity index (χ3v) is 3.67. The van der Waals surface area contributed by atoms with Gasteiger partial charge in [0, 0.05) is 6.04 Å². The van der Waals surface area contributed by atoms with Crippen molar-refractivity contribution in [2.75, 3.05) is 6.54 Å². The zero-order chi connectivity index (χ0) is 11.8. The Labute approximate surface area is 102 Å². The Kier molecular flexibility index (Phi) is 6.79. The molecule has 2 atom stereocenters. The fourth-order valence-electron chi connectivity index (χ4n) is 2.62. The lowest BCUT2D eigenvalue weighted by molar-refractivity contribution is 0.297. The van der Waals surface area contributed by atoms with Crippen LogP contribution in [-0.4, -0.2) is 12.6 Å². The quantitative estimate of drug-likeness (QED) is 0.527. The van der Waals surface area contributed by atoms with Crippen LogP contribution in [0.25, 0.3) is 0 Å². The lowest BCUT2D eigenvalue weighted by Gasteiger charge is -2.26. The van der Waals surface area contributed by atoms with Gasteiger partial charge in [0.2, 0.25) is 0 Å². The molecular weight excluding hydrogens is 194 g/mol. The molecule has 1 saturated carbocycles. The summed E-state index contributed by atoms with van der Waals surface area (Å²) in [5, 5.41) is 3.45. The van der Waals surface area contributed by atoms with Crippen LogP contribution in [0.5, 0.6) is 0 Å². The maximum absolute atomic E-state index is 3.45. The van der Waals surface area contributed by atoms with Crippen LogP contribution in [0, 0.1) is 11.8 Å². The van der Waals surface area contributed by atoms with Crippen molar-refractivity contribution in [1.29, 1.82) is 0 Å². The summed E-state index contributed by atoms with van der Waals surface area (Å²) in [6, 6.07) is 0.618. The summed E-state index contributed by atoms with van der Waals surface area (Å²) in [7, 11) is 0. The van der Waals surface area contributed by atoms with Gasteiger partial charge in [0.05, 0.1) is 0 Å². The SMILES string of the molecule is CCC1CCCC(/C=C/CCNC(C)C)C1. The Morgan fingerprint density at radius 3 is 2.81 bits per heavy atom. The van der Waals surface area contributed by atoms with Gasteiger partial charge in [-0.2, -0.15) is 0 Å². The van der Waals surface area contributed by atoms with Crippen molar-refractivity contribution in [3.63, 3.8) is 0 Å². The first-order chi connectivity index (χ1) is 7.72. The molecule has 1 aliphatic rings. The molecule has 0 aliphatic heterocycles. The number of hydrogen-bond donors (Lipinski definition) is 1. The molecule has 0 heterocycles. The average Bonchev–Trinajstić information content (AvgIpc) is 2.28. The first kappa shape index (κ1) is 13.8. The third kappa shape index (κ3) is 5.69. The maximum atomic E-state index is 3.45. The lowest BCUT2D eigenvalue weighted by Crippen LogP contribution is -2.23. The Morgan fingerprint density at radius 1 is 1.31 bits per heavy atom. The molecule has 0 amide bonds. The van der Waals surface area contributed by atoms with E-state index in [4.69, 9.17) is 0 Å². The summed E-state index contributed by atoms with van der Waals surface area (Å²) in [5.41, 5.74) is 0. The van der Waals surface area contributed by atoms with Gasteiger partial charge in [-0.1, -0.05) is 52.2 Å². The molecule has 1 heteroatoms. The van der Waals surface area contributed by atoms with Crippen molar-refractivity contribution in [1.82, 2.24) is 5.32 Å². The van der Waals surface area contributed by atoms with Crippen molar-refractivity contribution in [3.05, 3.63) is 12.2 Å². The van der Waals surface area contributed by atoms with Crippen LogP contribution >= 0.6 is 0 Å². The van der Waals surface area contributed by atoms with Crippen LogP contribution in [0.15, 0.2) is 12.2 Å². The lowest BCUT2D eigenvalue weighted by atomic mass is 9.80. The number of hydrogen-bond acceptors (Lipinski definition) is 1. The van der Waals surface area contributed by atoms with Gasteiger partial charge in [-0.15, -0.1) is 0 Å². The van der Waals surface area contributed by atoms with Crippen LogP contribution in [0.3, 0.4) is 0 Å². The molecule has 1 fully saturated rings. The van der Waals surface area contributed by atoms with Crippen LogP contribution in [0.1, 0.15) is 59.3 Å². The van der Waals surface area contributed by atoms with E-state index in [2.05, 4.69) is 38.2 Å². The Morgan fingerprint density at radius 2 is 2.12 bits per heavy atom. The Bertz CT molecular complexity index is 196. The van der Waals surface area contributed by atoms with Crippen LogP contribution in [-0.2, 0) is 0 Å². The summed E-state index contributed by atoms with van der Waals surface area (Å²) >= 11 is 0. The van der Waals surface area contributed by atoms with Gasteiger partial charge in [0.25, 0.3) is 0 Å². The predicted molar refractivity (Wildman–Crippen MR) is 72.6 cm³/mol. The standard InChI is InChI=1S/C15H29N/c1-4-14-9-7-10-15(12-14)8-5-6-11-16-13(2)3/h5,8,13-16H,4,6-7,9-12H2,1-3H3/b8-5+. The van der Waals surface area contributed by atoms with Crippen molar-refractivity contribution < 1.29 is 0 Å². The molecule has 94 valence electrons. The van der Waals surface area contributed by atoms with E-state index in [9.17, 15) is 0 Å². The van der Waals surface area contributed by atoms with Crippen molar-refractivity contribution >= 4 is 0 Å². The largest absolute Gasteiger partial charge is 0.314 e. The molecule has 1 N–H and O–H groups in total. The fourth-order valence-corrected chi connectivity index (χ4v) is 2.62. The van der Waals surface area contributed by atoms with Gasteiger partial charge in [-0.3, -0.25) is 0 Å². The van der Waals surface area contributed by atoms with Crippen molar-refractivity contribution in [3.8, 4) is 0 Å². The van der Waals surface area contributed by atoms with Crippen LogP contribution in [0.4, 0.5) is 0 Å². The first-order valence-corrected chi connectivity index (χ1v) is 7.12. The van der Waals surface area contributed by atoms with Gasteiger partial charge in [0.15, 0.2) is 0 Å². The normalized spacial score (nSPS) is 26.8. The highest BCUT2D eigenvalue weighted by atomic mass is 14.9. The highest BCUT2D eigenvalue weighted by Gasteiger charge is 2.18. The molecule has 0 aromatic heterocycles. The predicted octanol–water partition coefficient (Wildman–Crippen LogP) is 4.15. The molecule has 0 radical (unpaired) electrons. The Hall–Kier alpha value is -0.300. The summed E-state index contributed by atoms with van der Waals surface area (Å²) in [6.45, 7) is 7.87. The van der Waals surface area contributed by atoms with Gasteiger partial charge in [0.1, 0.15) is 0 Å². The van der Waals surface area contributed by atoms with Gasteiger partial charge < -0.3 is 5.32 Å². The maximum Gasteiger partial charge on any atom is 0.00105 e. The van der Waals surface area contributed by atoms with E-state index in [1.54, 1.807) is 0 Å². The minimum atomic E-state index is 0.618. The molecule has 16 heavy (non-hydrogen) atoms. The second kappa shape index (κ2) is 7.89. The van der Waals surface area contributed by atoms with E-state index in [1.807, 2.05) is 0 Å². The minimum Gasteiger partial charge on any atom is -0.314 e. The van der Waals surface area contributed by atoms with Crippen LogP contribution in [0.2, 0.25) is 0 Å². The number of rotatable bonds is 6. The molecule has 0 aromatic carbocycles. The molecule has 0 aromatic rings. The zero-order valence-electron chi connectivity index (χ0n) is 11.3. The summed E-state index contributed by atoms with van der Waals surface area (Å²) in [5.74, 6) is 1.87. The van der Waals surface area contributed by atoms with Gasteiger partial charge in [-0.05, 0) is 37.6 Å². The van der Waals surface area contributed by atoms with E-state index in [0.717, 1.165) is 18.4 Å². The number of nitrogens with one attached hydrogen (secondary N) is 1. The molecule has 0 spiro atoms. The molecule has 0 saturated heterocycles. The average molecular weight is 223 g/mol. The van der Waals surface area contributed by atoms with E-state index < -0.39 is 0 Å². The van der Waals surface area contributed by atoms with Crippen molar-refractivity contribution in [2.24, 2.45) is 11.8 Å². The molecule has 1 nitrogen and oxygen atoms in total. The summed E-state index contributed by atoms with van der Waals surface area (Å²) in [4.78, 5) is 0. The smallest absolute Gasteiger partial charge is 0.00105 e. The van der Waals surface area contributed by atoms with Gasteiger partial charge >= 0.3 is 0 Å². The van der Waals surface area contributed by atoms with Gasteiger partial charge in [-0.25, -0.2) is 0 Å². The molecule has 1 aliphatic carbocycles. The molecule has 1 rings (SSSR count). The first-order valence-electron chi connectivity index (χ1n) is 7.12. The highest BCUT2D eigenvalue weighted by molar-refractivity contribution is 4.91. The molecular formula is C15H29N. The highest BCUT2D eigenvalue weighted by Crippen LogP contribution is 2.31. The van der Waals surface area contributed by atoms with E-state index in [0.29, 0.717) is 6.04 Å². The fraction of sp³-hybridized carbons (Fsp3) is 0.867. The van der Waals surface area contributed by atoms with E-state index in [-0.39, 0.29) is 0 Å². The topological polar surface area (TPSA) is 12.0 Å². The van der Waals surface area contributed by atoms with E-state index >= 15 is 0 Å². The zero-order valence-corrected chi connectivity index (χ0v) is 11.3. The van der Waals surface area contributed by atoms with E-state index in [1.165, 1.54) is 38.5 Å². The third-order valence-electron chi connectivity index (χ3n) is 3.67. The summed E-state index contributed by atoms with van der Waals surface area (Å²) in [6.07, 6.45) is 13.2. The Balaban J connectivity index is 2.13. The minimum absolute atomic E-state index is 0.618.